The molecule has 0 aromatic carbocycles. The summed E-state index contributed by atoms with van der Waals surface area (Å²) in [6.45, 7) is 2.02. The Morgan fingerprint density at radius 3 is 2.70 bits per heavy atom. The highest BCUT2D eigenvalue weighted by molar-refractivity contribution is 5.80. The maximum atomic E-state index is 11.6. The monoisotopic (exact) mass is 277 g/mol. The number of nitrogens with two attached hydrogens (primary N) is 1. The molecule has 1 amide bonds. The quantitative estimate of drug-likeness (QED) is 0.680. The third kappa shape index (κ3) is 3.25. The molecule has 108 valence electrons. The second-order valence-corrected chi connectivity index (χ2v) is 5.21. The van der Waals surface area contributed by atoms with E-state index in [2.05, 4.69) is 30.5 Å². The van der Waals surface area contributed by atoms with Crippen LogP contribution in [0.5, 0.6) is 0 Å². The number of nitrogens with zero attached hydrogens (tertiary/aromatic N) is 4. The van der Waals surface area contributed by atoms with Crippen molar-refractivity contribution in [3.05, 3.63) is 0 Å². The lowest BCUT2D eigenvalue weighted by Gasteiger charge is -2.15. The first-order chi connectivity index (χ1) is 9.70. The second-order valence-electron chi connectivity index (χ2n) is 5.21. The summed E-state index contributed by atoms with van der Waals surface area (Å²) in [7, 11) is 0. The predicted molar refractivity (Wildman–Crippen MR) is 75.3 cm³/mol. The van der Waals surface area contributed by atoms with Gasteiger partial charge in [-0.15, -0.1) is 0 Å². The molecule has 3 rings (SSSR count). The lowest BCUT2D eigenvalue weighted by molar-refractivity contribution is -0.119. The smallest absolute Gasteiger partial charge is 0.239 e. The van der Waals surface area contributed by atoms with E-state index in [1.54, 1.807) is 0 Å². The van der Waals surface area contributed by atoms with Gasteiger partial charge in [0.15, 0.2) is 0 Å². The third-order valence-electron chi connectivity index (χ3n) is 3.38. The zero-order chi connectivity index (χ0) is 13.9. The summed E-state index contributed by atoms with van der Waals surface area (Å²) in [4.78, 5) is 26.2. The van der Waals surface area contributed by atoms with Gasteiger partial charge in [-0.25, -0.2) is 0 Å². The Labute approximate surface area is 117 Å². The van der Waals surface area contributed by atoms with Crippen LogP contribution in [-0.2, 0) is 4.79 Å². The molecule has 8 heteroatoms. The minimum absolute atomic E-state index is 0.0470. The topological polar surface area (TPSA) is 109 Å². The summed E-state index contributed by atoms with van der Waals surface area (Å²) in [6, 6.07) is 0.355. The molecule has 1 saturated heterocycles. The van der Waals surface area contributed by atoms with Crippen LogP contribution in [0.4, 0.5) is 17.8 Å². The van der Waals surface area contributed by atoms with Crippen molar-refractivity contribution in [2.24, 2.45) is 0 Å². The molecule has 0 unspecified atom stereocenters. The molecule has 0 atom stereocenters. The average molecular weight is 277 g/mol. The van der Waals surface area contributed by atoms with Crippen molar-refractivity contribution in [2.45, 2.75) is 31.7 Å². The first kappa shape index (κ1) is 12.9. The van der Waals surface area contributed by atoms with Crippen molar-refractivity contribution in [1.29, 1.82) is 0 Å². The Balaban J connectivity index is 1.61. The standard InChI is InChI=1S/C12H19N7O/c13-10-16-11(14-7-9(20)15-8-3-4-8)18-12(17-10)19-5-1-2-6-19/h8H,1-7H2,(H,15,20)(H3,13,14,16,17,18). The molecule has 1 aromatic heterocycles. The van der Waals surface area contributed by atoms with Crippen molar-refractivity contribution in [1.82, 2.24) is 20.3 Å². The number of carbonyl (C=O) groups excluding carboxylic acids is 1. The van der Waals surface area contributed by atoms with E-state index in [1.165, 1.54) is 0 Å². The van der Waals surface area contributed by atoms with Gasteiger partial charge >= 0.3 is 0 Å². The molecule has 2 aliphatic rings. The minimum atomic E-state index is -0.0470. The largest absolute Gasteiger partial charge is 0.368 e. The lowest BCUT2D eigenvalue weighted by Crippen LogP contribution is -2.32. The van der Waals surface area contributed by atoms with Gasteiger partial charge < -0.3 is 21.3 Å². The fourth-order valence-electron chi connectivity index (χ4n) is 2.18. The van der Waals surface area contributed by atoms with Crippen LogP contribution in [0.15, 0.2) is 0 Å². The van der Waals surface area contributed by atoms with Crippen LogP contribution in [0.25, 0.3) is 0 Å². The van der Waals surface area contributed by atoms with Crippen molar-refractivity contribution >= 4 is 23.8 Å². The van der Waals surface area contributed by atoms with Crippen LogP contribution in [-0.4, -0.2) is 46.5 Å². The second kappa shape index (κ2) is 5.48. The Morgan fingerprint density at radius 1 is 1.25 bits per heavy atom. The zero-order valence-corrected chi connectivity index (χ0v) is 11.3. The fourth-order valence-corrected chi connectivity index (χ4v) is 2.18. The van der Waals surface area contributed by atoms with Gasteiger partial charge in [-0.1, -0.05) is 0 Å². The molecule has 1 saturated carbocycles. The number of nitrogen functional groups attached to an aromatic ring is 1. The molecule has 2 fully saturated rings. The first-order valence-corrected chi connectivity index (χ1v) is 7.00. The summed E-state index contributed by atoms with van der Waals surface area (Å²) in [5.41, 5.74) is 5.69. The molecule has 1 aromatic rings. The van der Waals surface area contributed by atoms with Gasteiger partial charge in [0.25, 0.3) is 0 Å². The van der Waals surface area contributed by atoms with Crippen molar-refractivity contribution < 1.29 is 4.79 Å². The minimum Gasteiger partial charge on any atom is -0.368 e. The molecule has 8 nitrogen and oxygen atoms in total. The van der Waals surface area contributed by atoms with E-state index in [0.29, 0.717) is 17.9 Å². The van der Waals surface area contributed by atoms with Gasteiger partial charge in [0.2, 0.25) is 23.8 Å². The van der Waals surface area contributed by atoms with E-state index in [0.717, 1.165) is 38.8 Å². The Bertz CT molecular complexity index is 497. The number of carbonyl (C=O) groups is 1. The SMILES string of the molecule is Nc1nc(NCC(=O)NC2CC2)nc(N2CCCC2)n1. The molecular formula is C12H19N7O. The number of amides is 1. The maximum Gasteiger partial charge on any atom is 0.239 e. The fraction of sp³-hybridized carbons (Fsp3) is 0.667. The molecule has 0 bridgehead atoms. The number of hydrogen-bond donors (Lipinski definition) is 3. The number of rotatable bonds is 5. The van der Waals surface area contributed by atoms with Gasteiger partial charge in [0.1, 0.15) is 0 Å². The van der Waals surface area contributed by atoms with Crippen molar-refractivity contribution in [2.75, 3.05) is 35.6 Å². The van der Waals surface area contributed by atoms with Gasteiger partial charge in [-0.3, -0.25) is 4.79 Å². The van der Waals surface area contributed by atoms with E-state index in [4.69, 9.17) is 5.73 Å². The molecular weight excluding hydrogens is 258 g/mol. The Morgan fingerprint density at radius 2 is 2.00 bits per heavy atom. The highest BCUT2D eigenvalue weighted by atomic mass is 16.2. The summed E-state index contributed by atoms with van der Waals surface area (Å²) < 4.78 is 0. The van der Waals surface area contributed by atoms with Crippen LogP contribution >= 0.6 is 0 Å². The average Bonchev–Trinajstić information content (AvgIpc) is 3.06. The number of hydrogen-bond acceptors (Lipinski definition) is 7. The summed E-state index contributed by atoms with van der Waals surface area (Å²) in [5, 5.41) is 5.80. The van der Waals surface area contributed by atoms with Gasteiger partial charge in [0, 0.05) is 19.1 Å². The third-order valence-corrected chi connectivity index (χ3v) is 3.38. The normalized spacial score (nSPS) is 18.1. The van der Waals surface area contributed by atoms with Crippen LogP contribution in [0.3, 0.4) is 0 Å². The van der Waals surface area contributed by atoms with E-state index >= 15 is 0 Å². The number of anilines is 3. The Hall–Kier alpha value is -2.12. The highest BCUT2D eigenvalue weighted by Crippen LogP contribution is 2.19. The van der Waals surface area contributed by atoms with Crippen LogP contribution in [0.1, 0.15) is 25.7 Å². The summed E-state index contributed by atoms with van der Waals surface area (Å²) >= 11 is 0. The predicted octanol–water partition coefficient (Wildman–Crippen LogP) is -0.256. The molecule has 0 spiro atoms. The lowest BCUT2D eigenvalue weighted by atomic mass is 10.4. The van der Waals surface area contributed by atoms with Gasteiger partial charge in [-0.2, -0.15) is 15.0 Å². The highest BCUT2D eigenvalue weighted by Gasteiger charge is 2.23. The van der Waals surface area contributed by atoms with Gasteiger partial charge in [0.05, 0.1) is 6.54 Å². The Kier molecular flexibility index (Phi) is 3.53. The number of nitrogens with one attached hydrogen (secondary N) is 2. The maximum absolute atomic E-state index is 11.6. The van der Waals surface area contributed by atoms with E-state index in [-0.39, 0.29) is 18.4 Å². The van der Waals surface area contributed by atoms with E-state index < -0.39 is 0 Å². The van der Waals surface area contributed by atoms with E-state index in [9.17, 15) is 4.79 Å². The molecule has 4 N–H and O–H groups in total. The summed E-state index contributed by atoms with van der Waals surface area (Å²) in [6.07, 6.45) is 4.42. The molecule has 20 heavy (non-hydrogen) atoms. The van der Waals surface area contributed by atoms with Crippen molar-refractivity contribution in [3.8, 4) is 0 Å². The number of aromatic nitrogens is 3. The molecule has 2 heterocycles. The van der Waals surface area contributed by atoms with E-state index in [1.807, 2.05) is 0 Å². The molecule has 1 aliphatic heterocycles. The molecule has 1 aliphatic carbocycles. The van der Waals surface area contributed by atoms with Crippen LogP contribution in [0, 0.1) is 0 Å². The molecule has 0 radical (unpaired) electrons. The summed E-state index contributed by atoms with van der Waals surface area (Å²) in [5.74, 6) is 1.06. The van der Waals surface area contributed by atoms with Crippen LogP contribution in [0.2, 0.25) is 0 Å². The van der Waals surface area contributed by atoms with Gasteiger partial charge in [-0.05, 0) is 25.7 Å². The van der Waals surface area contributed by atoms with Crippen molar-refractivity contribution in [3.63, 3.8) is 0 Å². The zero-order valence-electron chi connectivity index (χ0n) is 11.3. The van der Waals surface area contributed by atoms with Crippen LogP contribution < -0.4 is 21.3 Å². The first-order valence-electron chi connectivity index (χ1n) is 7.00.